The Balaban J connectivity index is 1.02. The van der Waals surface area contributed by atoms with Crippen LogP contribution in [0.1, 0.15) is 86.5 Å². The second kappa shape index (κ2) is 13.2. The van der Waals surface area contributed by atoms with E-state index in [1.54, 1.807) is 5.57 Å². The Morgan fingerprint density at radius 2 is 1.42 bits per heavy atom. The summed E-state index contributed by atoms with van der Waals surface area (Å²) < 4.78 is 0. The van der Waals surface area contributed by atoms with Crippen molar-refractivity contribution in [3.63, 3.8) is 0 Å². The van der Waals surface area contributed by atoms with Gasteiger partial charge in [0.05, 0.1) is 6.54 Å². The first-order chi connectivity index (χ1) is 26.9. The molecule has 10 rings (SSSR count). The van der Waals surface area contributed by atoms with Gasteiger partial charge < -0.3 is 0 Å². The summed E-state index contributed by atoms with van der Waals surface area (Å²) in [5.74, 6) is 3.55. The van der Waals surface area contributed by atoms with Crippen LogP contribution in [0.3, 0.4) is 0 Å². The highest BCUT2D eigenvalue weighted by molar-refractivity contribution is 5.98. The average molecular weight is 715 g/mol. The standard InChI is InChI=1S/C51H46N4/c1-33-28-40-31-51(45(40)29-33)43-23-22-41(30-42(43)46-39(20-13-21-44(46)51)32-52-34(2)35-14-7-4-8-15-35)50(3)26-24-38(25-27-50)49-54-47(36-16-9-5-10-17-36)53-48(55-49)37-18-11-6-12-19-37/h4-24,30-31,33,45H,25-29,32H2,1-3H3. The summed E-state index contributed by atoms with van der Waals surface area (Å²) >= 11 is 0. The van der Waals surface area contributed by atoms with E-state index in [1.807, 2.05) is 36.4 Å². The van der Waals surface area contributed by atoms with Gasteiger partial charge in [0.2, 0.25) is 0 Å². The van der Waals surface area contributed by atoms with E-state index in [2.05, 4.69) is 124 Å². The molecule has 1 aromatic heterocycles. The first kappa shape index (κ1) is 33.8. The Labute approximate surface area is 324 Å². The molecule has 270 valence electrons. The van der Waals surface area contributed by atoms with Crippen molar-refractivity contribution in [1.29, 1.82) is 0 Å². The van der Waals surface area contributed by atoms with Crippen LogP contribution in [0.4, 0.5) is 0 Å². The second-order valence-electron chi connectivity index (χ2n) is 16.6. The molecule has 4 atom stereocenters. The van der Waals surface area contributed by atoms with Gasteiger partial charge in [0.1, 0.15) is 0 Å². The van der Waals surface area contributed by atoms with E-state index in [0.29, 0.717) is 24.1 Å². The fourth-order valence-electron chi connectivity index (χ4n) is 10.0. The Bertz CT molecular complexity index is 2480. The van der Waals surface area contributed by atoms with Crippen molar-refractivity contribution in [1.82, 2.24) is 15.0 Å². The van der Waals surface area contributed by atoms with Crippen LogP contribution in [-0.4, -0.2) is 20.7 Å². The highest BCUT2D eigenvalue weighted by atomic mass is 15.0. The number of hydrogen-bond donors (Lipinski definition) is 0. The summed E-state index contributed by atoms with van der Waals surface area (Å²) in [4.78, 5) is 20.2. The molecule has 0 bridgehead atoms. The molecule has 0 N–H and O–H groups in total. The highest BCUT2D eigenvalue weighted by Crippen LogP contribution is 2.66. The molecule has 1 saturated carbocycles. The van der Waals surface area contributed by atoms with Crippen molar-refractivity contribution >= 4 is 11.3 Å². The van der Waals surface area contributed by atoms with Crippen LogP contribution in [0.2, 0.25) is 0 Å². The lowest BCUT2D eigenvalue weighted by atomic mass is 9.58. The zero-order chi connectivity index (χ0) is 37.1. The van der Waals surface area contributed by atoms with E-state index in [9.17, 15) is 0 Å². The highest BCUT2D eigenvalue weighted by Gasteiger charge is 2.57. The molecule has 0 aliphatic heterocycles. The minimum atomic E-state index is -0.0242. The van der Waals surface area contributed by atoms with E-state index in [0.717, 1.165) is 47.8 Å². The number of nitrogens with zero attached hydrogens (tertiary/aromatic N) is 4. The van der Waals surface area contributed by atoms with Gasteiger partial charge in [-0.2, -0.15) is 0 Å². The van der Waals surface area contributed by atoms with Crippen LogP contribution in [0.25, 0.3) is 39.5 Å². The van der Waals surface area contributed by atoms with Crippen LogP contribution in [0.5, 0.6) is 0 Å². The summed E-state index contributed by atoms with van der Waals surface area (Å²) in [5, 5.41) is 0. The zero-order valence-electron chi connectivity index (χ0n) is 32.0. The summed E-state index contributed by atoms with van der Waals surface area (Å²) in [6.45, 7) is 7.69. The molecule has 5 aromatic carbocycles. The average Bonchev–Trinajstić information content (AvgIpc) is 3.71. The largest absolute Gasteiger partial charge is 0.285 e. The van der Waals surface area contributed by atoms with Crippen molar-refractivity contribution in [2.45, 2.75) is 70.3 Å². The molecule has 4 aliphatic carbocycles. The number of rotatable bonds is 7. The first-order valence-corrected chi connectivity index (χ1v) is 20.0. The third-order valence-corrected chi connectivity index (χ3v) is 13.1. The maximum absolute atomic E-state index is 5.18. The number of allylic oxidation sites excluding steroid dienone is 4. The van der Waals surface area contributed by atoms with Crippen LogP contribution in [0.15, 0.2) is 150 Å². The van der Waals surface area contributed by atoms with Crippen LogP contribution in [0, 0.1) is 11.8 Å². The molecule has 0 radical (unpaired) electrons. The molecule has 1 heterocycles. The van der Waals surface area contributed by atoms with Crippen molar-refractivity contribution in [2.24, 2.45) is 16.8 Å². The Morgan fingerprint density at radius 1 is 0.745 bits per heavy atom. The fourth-order valence-corrected chi connectivity index (χ4v) is 10.0. The van der Waals surface area contributed by atoms with E-state index < -0.39 is 0 Å². The van der Waals surface area contributed by atoms with Crippen LogP contribution < -0.4 is 0 Å². The molecule has 0 saturated heterocycles. The lowest BCUT2D eigenvalue weighted by Crippen LogP contribution is -2.40. The predicted octanol–water partition coefficient (Wildman–Crippen LogP) is 12.0. The quantitative estimate of drug-likeness (QED) is 0.122. The molecule has 4 nitrogen and oxygen atoms in total. The molecular weight excluding hydrogens is 669 g/mol. The minimum Gasteiger partial charge on any atom is -0.285 e. The normalized spacial score (nSPS) is 23.7. The van der Waals surface area contributed by atoms with Crippen molar-refractivity contribution in [3.8, 4) is 33.9 Å². The van der Waals surface area contributed by atoms with Crippen LogP contribution >= 0.6 is 0 Å². The van der Waals surface area contributed by atoms with Gasteiger partial charge in [-0.1, -0.05) is 159 Å². The monoisotopic (exact) mass is 714 g/mol. The van der Waals surface area contributed by atoms with Gasteiger partial charge >= 0.3 is 0 Å². The number of aliphatic imine (C=N–C) groups is 1. The summed E-state index contributed by atoms with van der Waals surface area (Å²) in [7, 11) is 0. The lowest BCUT2D eigenvalue weighted by Gasteiger charge is -2.44. The summed E-state index contributed by atoms with van der Waals surface area (Å²) in [6, 6.07) is 45.6. The third-order valence-electron chi connectivity index (χ3n) is 13.1. The Hall–Kier alpha value is -5.74. The van der Waals surface area contributed by atoms with Gasteiger partial charge in [-0.15, -0.1) is 0 Å². The molecule has 1 fully saturated rings. The van der Waals surface area contributed by atoms with Gasteiger partial charge in [-0.25, -0.2) is 15.0 Å². The first-order valence-electron chi connectivity index (χ1n) is 20.0. The molecule has 55 heavy (non-hydrogen) atoms. The molecule has 0 amide bonds. The van der Waals surface area contributed by atoms with Gasteiger partial charge in [0.15, 0.2) is 17.5 Å². The molecule has 6 aromatic rings. The van der Waals surface area contributed by atoms with Crippen molar-refractivity contribution in [3.05, 3.63) is 179 Å². The number of benzene rings is 5. The maximum Gasteiger partial charge on any atom is 0.164 e. The van der Waals surface area contributed by atoms with Gasteiger partial charge in [-0.05, 0) is 101 Å². The van der Waals surface area contributed by atoms with E-state index in [-0.39, 0.29) is 10.8 Å². The molecule has 4 unspecified atom stereocenters. The second-order valence-corrected chi connectivity index (χ2v) is 16.6. The van der Waals surface area contributed by atoms with Gasteiger partial charge in [0.25, 0.3) is 0 Å². The van der Waals surface area contributed by atoms with Crippen LogP contribution in [-0.2, 0) is 17.4 Å². The van der Waals surface area contributed by atoms with Gasteiger partial charge in [0, 0.05) is 22.3 Å². The summed E-state index contributed by atoms with van der Waals surface area (Å²) in [5.41, 5.74) is 15.7. The van der Waals surface area contributed by atoms with E-state index in [1.165, 1.54) is 57.4 Å². The fraction of sp³-hybridized carbons (Fsp3) is 0.255. The van der Waals surface area contributed by atoms with E-state index >= 15 is 0 Å². The molecule has 1 spiro atoms. The predicted molar refractivity (Wildman–Crippen MR) is 225 cm³/mol. The minimum absolute atomic E-state index is 0.00846. The topological polar surface area (TPSA) is 51.0 Å². The smallest absolute Gasteiger partial charge is 0.164 e. The number of aromatic nitrogens is 3. The summed E-state index contributed by atoms with van der Waals surface area (Å²) in [6.07, 6.45) is 10.4. The van der Waals surface area contributed by atoms with Crippen molar-refractivity contribution in [2.75, 3.05) is 0 Å². The molecule has 4 heteroatoms. The van der Waals surface area contributed by atoms with Gasteiger partial charge in [-0.3, -0.25) is 4.99 Å². The van der Waals surface area contributed by atoms with Crippen molar-refractivity contribution < 1.29 is 0 Å². The molecular formula is C51H46N4. The lowest BCUT2D eigenvalue weighted by molar-refractivity contribution is 0.386. The Kier molecular flexibility index (Phi) is 8.13. The zero-order valence-corrected chi connectivity index (χ0v) is 32.0. The molecule has 4 aliphatic rings. The third kappa shape index (κ3) is 5.64. The number of hydrogen-bond acceptors (Lipinski definition) is 4. The maximum atomic E-state index is 5.18. The number of fused-ring (bicyclic) bond motifs is 7. The Morgan fingerprint density at radius 3 is 2.07 bits per heavy atom. The van der Waals surface area contributed by atoms with E-state index in [4.69, 9.17) is 19.9 Å². The SMILES string of the molecule is CC(=NCc1cccc2c1-c1cc(C3(C)CC=C(c4nc(-c5ccccc5)nc(-c5ccccc5)n4)CC3)ccc1C21C=C2CC(C)CC21)c1ccccc1.